The lowest BCUT2D eigenvalue weighted by molar-refractivity contribution is 0.213. The number of halogens is 1. The predicted octanol–water partition coefficient (Wildman–Crippen LogP) is 1.90. The molecule has 1 saturated heterocycles. The zero-order chi connectivity index (χ0) is 16.4. The van der Waals surface area contributed by atoms with Crippen molar-refractivity contribution >= 4 is 28.2 Å². The molecule has 0 radical (unpaired) electrons. The van der Waals surface area contributed by atoms with E-state index in [1.165, 1.54) is 4.31 Å². The van der Waals surface area contributed by atoms with Crippen molar-refractivity contribution in [2.75, 3.05) is 18.9 Å². The minimum absolute atomic E-state index is 0. The second kappa shape index (κ2) is 7.48. The number of nitrogen functional groups attached to an aromatic ring is 1. The Hall–Kier alpha value is -1.67. The molecular weight excluding hydrogens is 350 g/mol. The van der Waals surface area contributed by atoms with Gasteiger partial charge in [-0.1, -0.05) is 18.2 Å². The van der Waals surface area contributed by atoms with Gasteiger partial charge >= 0.3 is 0 Å². The number of rotatable bonds is 4. The summed E-state index contributed by atoms with van der Waals surface area (Å²) in [4.78, 5) is 4.45. The maximum Gasteiger partial charge on any atom is 0.243 e. The molecule has 1 fully saturated rings. The summed E-state index contributed by atoms with van der Waals surface area (Å²) >= 11 is 0. The van der Waals surface area contributed by atoms with Crippen molar-refractivity contribution in [2.45, 2.75) is 23.8 Å². The number of nitrogens with two attached hydrogens (primary N) is 1. The molecular formula is C16H20ClN3O3S. The van der Waals surface area contributed by atoms with Gasteiger partial charge < -0.3 is 10.8 Å². The lowest BCUT2D eigenvalue weighted by Crippen LogP contribution is -2.37. The molecule has 130 valence electrons. The van der Waals surface area contributed by atoms with Gasteiger partial charge in [-0.05, 0) is 37.1 Å². The predicted molar refractivity (Wildman–Crippen MR) is 95.3 cm³/mol. The van der Waals surface area contributed by atoms with Crippen molar-refractivity contribution in [1.29, 1.82) is 0 Å². The first-order valence-corrected chi connectivity index (χ1v) is 8.92. The minimum Gasteiger partial charge on any atom is -0.395 e. The van der Waals surface area contributed by atoms with Crippen molar-refractivity contribution < 1.29 is 13.5 Å². The SMILES string of the molecule is Cl.Nc1cccc(-c2ccc(S(=O)(=O)N3CCCC3CO)cc2)n1. The number of benzene rings is 1. The van der Waals surface area contributed by atoms with Gasteiger partial charge in [0.2, 0.25) is 10.0 Å². The number of aliphatic hydroxyl groups excluding tert-OH is 1. The zero-order valence-electron chi connectivity index (χ0n) is 13.0. The molecule has 3 N–H and O–H groups in total. The smallest absolute Gasteiger partial charge is 0.243 e. The Morgan fingerprint density at radius 3 is 2.54 bits per heavy atom. The number of aromatic nitrogens is 1. The number of hydrogen-bond donors (Lipinski definition) is 2. The van der Waals surface area contributed by atoms with E-state index < -0.39 is 10.0 Å². The molecule has 24 heavy (non-hydrogen) atoms. The molecule has 3 rings (SSSR count). The van der Waals surface area contributed by atoms with Crippen molar-refractivity contribution in [1.82, 2.24) is 9.29 Å². The van der Waals surface area contributed by atoms with E-state index in [2.05, 4.69) is 4.98 Å². The molecule has 6 nitrogen and oxygen atoms in total. The highest BCUT2D eigenvalue weighted by Gasteiger charge is 2.34. The molecule has 1 aromatic carbocycles. The Labute approximate surface area is 147 Å². The standard InChI is InChI=1S/C16H19N3O3S.ClH/c17-16-5-1-4-15(18-16)12-6-8-14(9-7-12)23(21,22)19-10-2-3-13(19)11-20;/h1,4-9,13,20H,2-3,10-11H2,(H2,17,18);1H. The van der Waals surface area contributed by atoms with Crippen LogP contribution in [0, 0.1) is 0 Å². The Morgan fingerprint density at radius 2 is 1.92 bits per heavy atom. The fourth-order valence-electron chi connectivity index (χ4n) is 2.85. The quantitative estimate of drug-likeness (QED) is 0.857. The van der Waals surface area contributed by atoms with Gasteiger partial charge in [0, 0.05) is 18.2 Å². The first-order chi connectivity index (χ1) is 11.0. The van der Waals surface area contributed by atoms with Crippen LogP contribution in [-0.2, 0) is 10.0 Å². The number of hydrogen-bond acceptors (Lipinski definition) is 5. The summed E-state index contributed by atoms with van der Waals surface area (Å²) in [5.74, 6) is 0.419. The summed E-state index contributed by atoms with van der Waals surface area (Å²) < 4.78 is 26.8. The highest BCUT2D eigenvalue weighted by molar-refractivity contribution is 7.89. The van der Waals surface area contributed by atoms with Crippen LogP contribution in [0.5, 0.6) is 0 Å². The third-order valence-corrected chi connectivity index (χ3v) is 6.03. The van der Waals surface area contributed by atoms with Crippen LogP contribution >= 0.6 is 12.4 Å². The second-order valence-corrected chi connectivity index (χ2v) is 7.46. The van der Waals surface area contributed by atoms with E-state index in [0.717, 1.165) is 12.0 Å². The van der Waals surface area contributed by atoms with Crippen LogP contribution in [0.1, 0.15) is 12.8 Å². The summed E-state index contributed by atoms with van der Waals surface area (Å²) in [6.07, 6.45) is 1.47. The first-order valence-electron chi connectivity index (χ1n) is 7.48. The van der Waals surface area contributed by atoms with E-state index >= 15 is 0 Å². The first kappa shape index (κ1) is 18.7. The maximum atomic E-state index is 12.7. The number of sulfonamides is 1. The topological polar surface area (TPSA) is 96.5 Å². The van der Waals surface area contributed by atoms with E-state index in [1.807, 2.05) is 6.07 Å². The largest absolute Gasteiger partial charge is 0.395 e. The van der Waals surface area contributed by atoms with Gasteiger partial charge in [0.15, 0.2) is 0 Å². The molecule has 0 amide bonds. The number of nitrogens with zero attached hydrogens (tertiary/aromatic N) is 2. The van der Waals surface area contributed by atoms with Gasteiger partial charge in [-0.25, -0.2) is 13.4 Å². The van der Waals surface area contributed by atoms with Crippen molar-refractivity contribution in [3.05, 3.63) is 42.5 Å². The highest BCUT2D eigenvalue weighted by atomic mass is 35.5. The number of anilines is 1. The van der Waals surface area contributed by atoms with Gasteiger partial charge in [-0.2, -0.15) is 4.31 Å². The van der Waals surface area contributed by atoms with Crippen LogP contribution in [0.2, 0.25) is 0 Å². The highest BCUT2D eigenvalue weighted by Crippen LogP contribution is 2.27. The fraction of sp³-hybridized carbons (Fsp3) is 0.312. The van der Waals surface area contributed by atoms with Crippen LogP contribution in [0.25, 0.3) is 11.3 Å². The summed E-state index contributed by atoms with van der Waals surface area (Å²) in [7, 11) is -3.58. The number of aliphatic hydroxyl groups is 1. The van der Waals surface area contributed by atoms with E-state index in [9.17, 15) is 13.5 Å². The lowest BCUT2D eigenvalue weighted by Gasteiger charge is -2.22. The summed E-state index contributed by atoms with van der Waals surface area (Å²) in [6.45, 7) is 0.302. The molecule has 0 spiro atoms. The van der Waals surface area contributed by atoms with Crippen LogP contribution in [0.4, 0.5) is 5.82 Å². The monoisotopic (exact) mass is 369 g/mol. The van der Waals surface area contributed by atoms with Crippen molar-refractivity contribution in [2.24, 2.45) is 0 Å². The average Bonchev–Trinajstić information content (AvgIpc) is 3.04. The van der Waals surface area contributed by atoms with Crippen LogP contribution < -0.4 is 5.73 Å². The Balaban J connectivity index is 0.00000208. The minimum atomic E-state index is -3.58. The molecule has 1 atom stereocenters. The molecule has 0 aliphatic carbocycles. The molecule has 2 heterocycles. The van der Waals surface area contributed by atoms with Crippen molar-refractivity contribution in [3.63, 3.8) is 0 Å². The van der Waals surface area contributed by atoms with Gasteiger partial charge in [0.25, 0.3) is 0 Å². The molecule has 0 bridgehead atoms. The van der Waals surface area contributed by atoms with Gasteiger partial charge in [-0.15, -0.1) is 12.4 Å². The fourth-order valence-corrected chi connectivity index (χ4v) is 4.54. The van der Waals surface area contributed by atoms with E-state index in [0.29, 0.717) is 24.5 Å². The Bertz CT molecular complexity index is 796. The van der Waals surface area contributed by atoms with Gasteiger partial charge in [0.1, 0.15) is 5.82 Å². The van der Waals surface area contributed by atoms with Crippen LogP contribution in [0.15, 0.2) is 47.4 Å². The molecule has 1 unspecified atom stereocenters. The Kier molecular flexibility index (Phi) is 5.82. The third-order valence-electron chi connectivity index (χ3n) is 4.06. The zero-order valence-corrected chi connectivity index (χ0v) is 14.6. The summed E-state index contributed by atoms with van der Waals surface area (Å²) in [6, 6.07) is 11.6. The van der Waals surface area contributed by atoms with Gasteiger partial charge in [0.05, 0.1) is 17.2 Å². The molecule has 8 heteroatoms. The number of pyridine rings is 1. The molecule has 1 aliphatic heterocycles. The maximum absolute atomic E-state index is 12.7. The lowest BCUT2D eigenvalue weighted by atomic mass is 10.1. The average molecular weight is 370 g/mol. The summed E-state index contributed by atoms with van der Waals surface area (Å²) in [5, 5.41) is 9.34. The van der Waals surface area contributed by atoms with Crippen LogP contribution in [-0.4, -0.2) is 42.0 Å². The molecule has 1 aliphatic rings. The Morgan fingerprint density at radius 1 is 1.21 bits per heavy atom. The van der Waals surface area contributed by atoms with E-state index in [-0.39, 0.29) is 30.0 Å². The molecule has 2 aromatic rings. The van der Waals surface area contributed by atoms with E-state index in [4.69, 9.17) is 5.73 Å². The van der Waals surface area contributed by atoms with Crippen molar-refractivity contribution in [3.8, 4) is 11.3 Å². The second-order valence-electron chi connectivity index (χ2n) is 5.57. The molecule has 0 saturated carbocycles. The van der Waals surface area contributed by atoms with E-state index in [1.54, 1.807) is 36.4 Å². The van der Waals surface area contributed by atoms with Crippen LogP contribution in [0.3, 0.4) is 0 Å². The van der Waals surface area contributed by atoms with Gasteiger partial charge in [-0.3, -0.25) is 0 Å². The summed E-state index contributed by atoms with van der Waals surface area (Å²) in [5.41, 5.74) is 7.17. The third kappa shape index (κ3) is 3.54. The molecule has 1 aromatic heterocycles. The normalized spacial score (nSPS) is 18.3.